The van der Waals surface area contributed by atoms with Gasteiger partial charge in [-0.3, -0.25) is 4.79 Å². The number of aromatic nitrogens is 1. The van der Waals surface area contributed by atoms with E-state index in [1.54, 1.807) is 0 Å². The summed E-state index contributed by atoms with van der Waals surface area (Å²) in [5, 5.41) is 7.06. The van der Waals surface area contributed by atoms with Crippen LogP contribution in [0.25, 0.3) is 10.9 Å². The number of benzene rings is 2. The highest BCUT2D eigenvalue weighted by Crippen LogP contribution is 2.34. The molecule has 0 aliphatic carbocycles. The molecule has 2 aromatic carbocycles. The Labute approximate surface area is 174 Å². The van der Waals surface area contributed by atoms with Crippen LogP contribution in [0.15, 0.2) is 42.5 Å². The highest BCUT2D eigenvalue weighted by atomic mass is 19.4. The first-order valence-corrected chi connectivity index (χ1v) is 9.98. The normalized spacial score (nSPS) is 11.8. The highest BCUT2D eigenvalue weighted by Gasteiger charge is 2.33. The Morgan fingerprint density at radius 3 is 2.50 bits per heavy atom. The fourth-order valence-corrected chi connectivity index (χ4v) is 3.82. The van der Waals surface area contributed by atoms with Crippen LogP contribution in [0.1, 0.15) is 29.3 Å². The number of hydrogen-bond donors (Lipinski definition) is 2. The molecule has 2 N–H and O–H groups in total. The summed E-state index contributed by atoms with van der Waals surface area (Å²) >= 11 is 0. The van der Waals surface area contributed by atoms with Gasteiger partial charge in [0.05, 0.1) is 5.56 Å². The molecule has 4 nitrogen and oxygen atoms in total. The minimum Gasteiger partial charge on any atom is -0.335 e. The van der Waals surface area contributed by atoms with Crippen LogP contribution in [0, 0.1) is 13.8 Å². The van der Waals surface area contributed by atoms with Crippen molar-refractivity contribution in [2.75, 3.05) is 18.4 Å². The van der Waals surface area contributed by atoms with Crippen LogP contribution in [0.2, 0.25) is 0 Å². The minimum atomic E-state index is -4.46. The maximum Gasteiger partial charge on any atom is 0.416 e. The molecule has 0 aliphatic rings. The zero-order valence-corrected chi connectivity index (χ0v) is 17.4. The smallest absolute Gasteiger partial charge is 0.335 e. The molecule has 0 unspecified atom stereocenters. The summed E-state index contributed by atoms with van der Waals surface area (Å²) in [5.74, 6) is -0.362. The number of carbonyl (C=O) groups excluding carboxylic acids is 1. The van der Waals surface area contributed by atoms with Gasteiger partial charge in [0, 0.05) is 22.3 Å². The summed E-state index contributed by atoms with van der Waals surface area (Å²) in [5.41, 5.74) is 2.56. The molecular weight excluding hydrogens is 391 g/mol. The largest absolute Gasteiger partial charge is 0.416 e. The van der Waals surface area contributed by atoms with Crippen LogP contribution in [-0.4, -0.2) is 23.6 Å². The molecule has 0 aliphatic heterocycles. The van der Waals surface area contributed by atoms with Crippen molar-refractivity contribution < 1.29 is 18.0 Å². The van der Waals surface area contributed by atoms with Crippen molar-refractivity contribution in [2.45, 2.75) is 39.9 Å². The Hall–Kier alpha value is -2.80. The van der Waals surface area contributed by atoms with E-state index in [2.05, 4.69) is 17.6 Å². The number of likely N-dealkylation sites (N-methyl/N-ethyl adjacent to an activating group) is 1. The average Bonchev–Trinajstić information content (AvgIpc) is 2.95. The van der Waals surface area contributed by atoms with Crippen molar-refractivity contribution in [3.63, 3.8) is 0 Å². The zero-order valence-electron chi connectivity index (χ0n) is 17.4. The number of carbonyl (C=O) groups is 1. The lowest BCUT2D eigenvalue weighted by Crippen LogP contribution is -2.21. The summed E-state index contributed by atoms with van der Waals surface area (Å²) in [6, 6.07) is 11.7. The van der Waals surface area contributed by atoms with Crippen molar-refractivity contribution in [1.82, 2.24) is 9.88 Å². The predicted octanol–water partition coefficient (Wildman–Crippen LogP) is 5.07. The zero-order chi connectivity index (χ0) is 21.9. The van der Waals surface area contributed by atoms with Crippen LogP contribution in [0.4, 0.5) is 18.9 Å². The van der Waals surface area contributed by atoms with E-state index in [-0.39, 0.29) is 23.7 Å². The van der Waals surface area contributed by atoms with Crippen LogP contribution in [-0.2, 0) is 23.9 Å². The third-order valence-corrected chi connectivity index (χ3v) is 5.38. The molecule has 1 aromatic heterocycles. The molecule has 30 heavy (non-hydrogen) atoms. The summed E-state index contributed by atoms with van der Waals surface area (Å²) in [6.45, 7) is 7.15. The van der Waals surface area contributed by atoms with Crippen molar-refractivity contribution >= 4 is 22.5 Å². The molecule has 0 fully saturated rings. The summed E-state index contributed by atoms with van der Waals surface area (Å²) < 4.78 is 41.4. The van der Waals surface area contributed by atoms with E-state index >= 15 is 0 Å². The Balaban J connectivity index is 1.87. The van der Waals surface area contributed by atoms with E-state index in [4.69, 9.17) is 0 Å². The first-order valence-electron chi connectivity index (χ1n) is 9.98. The monoisotopic (exact) mass is 417 g/mol. The Bertz CT molecular complexity index is 1050. The minimum absolute atomic E-state index is 0.0127. The third kappa shape index (κ3) is 4.51. The van der Waals surface area contributed by atoms with Gasteiger partial charge in [-0.25, -0.2) is 0 Å². The van der Waals surface area contributed by atoms with Crippen LogP contribution in [0.3, 0.4) is 0 Å². The maximum absolute atomic E-state index is 13.1. The van der Waals surface area contributed by atoms with Gasteiger partial charge in [0.15, 0.2) is 0 Å². The van der Waals surface area contributed by atoms with E-state index in [0.29, 0.717) is 0 Å². The molecular formula is C23H26F3N3O. The van der Waals surface area contributed by atoms with E-state index < -0.39 is 11.7 Å². The fourth-order valence-electron chi connectivity index (χ4n) is 3.82. The van der Waals surface area contributed by atoms with Crippen molar-refractivity contribution in [3.8, 4) is 0 Å². The molecule has 3 aromatic rings. The van der Waals surface area contributed by atoms with Crippen LogP contribution in [0.5, 0.6) is 0 Å². The van der Waals surface area contributed by atoms with E-state index in [1.807, 2.05) is 35.8 Å². The fraction of sp³-hybridized carbons (Fsp3) is 0.348. The van der Waals surface area contributed by atoms with E-state index in [0.717, 1.165) is 42.2 Å². The molecule has 7 heteroatoms. The van der Waals surface area contributed by atoms with Crippen LogP contribution < -0.4 is 10.6 Å². The number of alkyl halides is 3. The molecule has 3 rings (SSSR count). The molecule has 0 spiro atoms. The van der Waals surface area contributed by atoms with Gasteiger partial charge in [0.1, 0.15) is 6.54 Å². The molecule has 0 saturated heterocycles. The number of nitrogens with zero attached hydrogens (tertiary/aromatic N) is 1. The van der Waals surface area contributed by atoms with Crippen molar-refractivity contribution in [1.29, 1.82) is 0 Å². The number of anilines is 1. The second-order valence-electron chi connectivity index (χ2n) is 7.29. The van der Waals surface area contributed by atoms with Gasteiger partial charge in [-0.1, -0.05) is 31.2 Å². The van der Waals surface area contributed by atoms with Gasteiger partial charge in [-0.15, -0.1) is 0 Å². The third-order valence-electron chi connectivity index (χ3n) is 5.38. The lowest BCUT2D eigenvalue weighted by molar-refractivity contribution is -0.138. The number of hydrogen-bond acceptors (Lipinski definition) is 2. The predicted molar refractivity (Wildman–Crippen MR) is 114 cm³/mol. The number of nitrogens with one attached hydrogen (secondary N) is 2. The van der Waals surface area contributed by atoms with E-state index in [1.165, 1.54) is 24.6 Å². The first kappa shape index (κ1) is 21.9. The molecule has 0 saturated carbocycles. The highest BCUT2D eigenvalue weighted by molar-refractivity contribution is 5.94. The molecule has 0 atom stereocenters. The Kier molecular flexibility index (Phi) is 6.51. The molecule has 1 amide bonds. The average molecular weight is 417 g/mol. The number of fused-ring (bicyclic) bond motifs is 1. The van der Waals surface area contributed by atoms with Gasteiger partial charge in [-0.05, 0) is 62.7 Å². The molecule has 0 bridgehead atoms. The second-order valence-corrected chi connectivity index (χ2v) is 7.29. The van der Waals surface area contributed by atoms with Crippen LogP contribution >= 0.6 is 0 Å². The quantitative estimate of drug-likeness (QED) is 0.528. The number of amides is 1. The lowest BCUT2D eigenvalue weighted by Gasteiger charge is -2.15. The van der Waals surface area contributed by atoms with E-state index in [9.17, 15) is 18.0 Å². The summed E-state index contributed by atoms with van der Waals surface area (Å²) in [4.78, 5) is 12.7. The number of halogens is 3. The van der Waals surface area contributed by atoms with Gasteiger partial charge in [0.25, 0.3) is 0 Å². The topological polar surface area (TPSA) is 46.1 Å². The Morgan fingerprint density at radius 1 is 1.07 bits per heavy atom. The van der Waals surface area contributed by atoms with Gasteiger partial charge in [0.2, 0.25) is 5.91 Å². The van der Waals surface area contributed by atoms with Gasteiger partial charge < -0.3 is 15.2 Å². The lowest BCUT2D eigenvalue weighted by atomic mass is 10.1. The summed E-state index contributed by atoms with van der Waals surface area (Å²) in [7, 11) is 0. The van der Waals surface area contributed by atoms with Gasteiger partial charge >= 0.3 is 6.18 Å². The maximum atomic E-state index is 13.1. The SMILES string of the molecule is CCNCCc1c(C)n(CC(=O)Nc2cccc(C(F)(F)F)c2C)c2ccccc12. The van der Waals surface area contributed by atoms with Crippen molar-refractivity contribution in [2.24, 2.45) is 0 Å². The standard InChI is InChI=1S/C23H26F3N3O/c1-4-27-13-12-17-16(3)29(21-11-6-5-8-18(17)21)14-22(30)28-20-10-7-9-19(15(20)2)23(24,25)26/h5-11,27H,4,12-14H2,1-3H3,(H,28,30). The molecule has 160 valence electrons. The molecule has 0 radical (unpaired) electrons. The van der Waals surface area contributed by atoms with Gasteiger partial charge in [-0.2, -0.15) is 13.2 Å². The number of rotatable bonds is 7. The molecule has 1 heterocycles. The van der Waals surface area contributed by atoms with Crippen molar-refractivity contribution in [3.05, 3.63) is 64.8 Å². The number of para-hydroxylation sites is 1. The summed E-state index contributed by atoms with van der Waals surface area (Å²) in [6.07, 6.45) is -3.62. The first-order chi connectivity index (χ1) is 14.2. The second kappa shape index (κ2) is 8.92. The Morgan fingerprint density at radius 2 is 1.80 bits per heavy atom.